The SMILES string of the molecule is Cl.O=C(NC1CCc2ccccc21)[C@H]1CCCCN1. The second kappa shape index (κ2) is 6.40. The van der Waals surface area contributed by atoms with Crippen LogP contribution in [0.5, 0.6) is 0 Å². The normalized spacial score (nSPS) is 25.3. The minimum absolute atomic E-state index is 0. The molecule has 1 amide bonds. The maximum atomic E-state index is 12.2. The van der Waals surface area contributed by atoms with E-state index >= 15 is 0 Å². The number of rotatable bonds is 2. The highest BCUT2D eigenvalue weighted by molar-refractivity contribution is 5.85. The summed E-state index contributed by atoms with van der Waals surface area (Å²) in [6.45, 7) is 0.972. The van der Waals surface area contributed by atoms with Gasteiger partial charge in [0.15, 0.2) is 0 Å². The molecule has 104 valence electrons. The first-order valence-electron chi connectivity index (χ1n) is 6.96. The van der Waals surface area contributed by atoms with Crippen LogP contribution in [0.3, 0.4) is 0 Å². The monoisotopic (exact) mass is 280 g/mol. The molecular formula is C15H21ClN2O. The number of carbonyl (C=O) groups excluding carboxylic acids is 1. The van der Waals surface area contributed by atoms with Crippen LogP contribution >= 0.6 is 12.4 Å². The van der Waals surface area contributed by atoms with Gasteiger partial charge >= 0.3 is 0 Å². The van der Waals surface area contributed by atoms with Gasteiger partial charge in [-0.05, 0) is 43.4 Å². The van der Waals surface area contributed by atoms with E-state index in [2.05, 4.69) is 34.9 Å². The lowest BCUT2D eigenvalue weighted by Gasteiger charge is -2.24. The minimum Gasteiger partial charge on any atom is -0.348 e. The first-order valence-corrected chi connectivity index (χ1v) is 6.96. The molecule has 0 radical (unpaired) electrons. The van der Waals surface area contributed by atoms with Crippen LogP contribution in [0.15, 0.2) is 24.3 Å². The van der Waals surface area contributed by atoms with Gasteiger partial charge in [-0.1, -0.05) is 30.7 Å². The largest absolute Gasteiger partial charge is 0.348 e. The van der Waals surface area contributed by atoms with E-state index in [1.54, 1.807) is 0 Å². The fraction of sp³-hybridized carbons (Fsp3) is 0.533. The smallest absolute Gasteiger partial charge is 0.237 e. The van der Waals surface area contributed by atoms with Crippen molar-refractivity contribution in [3.63, 3.8) is 0 Å². The number of benzene rings is 1. The summed E-state index contributed by atoms with van der Waals surface area (Å²) in [5.74, 6) is 0.177. The number of halogens is 1. The molecule has 2 aliphatic rings. The van der Waals surface area contributed by atoms with E-state index in [-0.39, 0.29) is 30.4 Å². The number of hydrogen-bond acceptors (Lipinski definition) is 2. The predicted octanol–water partition coefficient (Wildman–Crippen LogP) is 2.35. The van der Waals surface area contributed by atoms with Crippen LogP contribution in [0, 0.1) is 0 Å². The number of fused-ring (bicyclic) bond motifs is 1. The number of amides is 1. The van der Waals surface area contributed by atoms with Crippen molar-refractivity contribution in [3.05, 3.63) is 35.4 Å². The molecule has 19 heavy (non-hydrogen) atoms. The molecule has 2 N–H and O–H groups in total. The van der Waals surface area contributed by atoms with E-state index in [0.717, 1.165) is 32.2 Å². The molecule has 1 aliphatic carbocycles. The number of piperidine rings is 1. The van der Waals surface area contributed by atoms with Crippen molar-refractivity contribution in [2.24, 2.45) is 0 Å². The predicted molar refractivity (Wildman–Crippen MR) is 78.5 cm³/mol. The van der Waals surface area contributed by atoms with E-state index in [0.29, 0.717) is 0 Å². The van der Waals surface area contributed by atoms with Gasteiger partial charge in [0.25, 0.3) is 0 Å². The fourth-order valence-corrected chi connectivity index (χ4v) is 3.05. The Morgan fingerprint density at radius 2 is 2.05 bits per heavy atom. The third-order valence-corrected chi connectivity index (χ3v) is 4.08. The van der Waals surface area contributed by atoms with Crippen LogP contribution in [-0.4, -0.2) is 18.5 Å². The summed E-state index contributed by atoms with van der Waals surface area (Å²) in [4.78, 5) is 12.2. The number of hydrogen-bond donors (Lipinski definition) is 2. The third-order valence-electron chi connectivity index (χ3n) is 4.08. The summed E-state index contributed by atoms with van der Waals surface area (Å²) < 4.78 is 0. The number of aryl methyl sites for hydroxylation is 1. The second-order valence-electron chi connectivity index (χ2n) is 5.30. The quantitative estimate of drug-likeness (QED) is 0.873. The summed E-state index contributed by atoms with van der Waals surface area (Å²) >= 11 is 0. The maximum absolute atomic E-state index is 12.2. The molecule has 0 aromatic heterocycles. The Morgan fingerprint density at radius 1 is 1.21 bits per heavy atom. The van der Waals surface area contributed by atoms with Crippen molar-refractivity contribution in [2.75, 3.05) is 6.54 Å². The average molecular weight is 281 g/mol. The summed E-state index contributed by atoms with van der Waals surface area (Å²) in [5, 5.41) is 6.51. The molecule has 1 fully saturated rings. The highest BCUT2D eigenvalue weighted by atomic mass is 35.5. The van der Waals surface area contributed by atoms with Gasteiger partial charge < -0.3 is 10.6 Å². The van der Waals surface area contributed by atoms with E-state index in [4.69, 9.17) is 0 Å². The molecular weight excluding hydrogens is 260 g/mol. The Morgan fingerprint density at radius 3 is 2.84 bits per heavy atom. The molecule has 4 heteroatoms. The number of nitrogens with one attached hydrogen (secondary N) is 2. The van der Waals surface area contributed by atoms with Crippen LogP contribution in [0.4, 0.5) is 0 Å². The lowest BCUT2D eigenvalue weighted by molar-refractivity contribution is -0.124. The third kappa shape index (κ3) is 3.10. The molecule has 3 rings (SSSR count). The summed E-state index contributed by atoms with van der Waals surface area (Å²) in [5.41, 5.74) is 2.70. The lowest BCUT2D eigenvalue weighted by atomic mass is 10.0. The van der Waals surface area contributed by atoms with Crippen molar-refractivity contribution in [1.82, 2.24) is 10.6 Å². The fourth-order valence-electron chi connectivity index (χ4n) is 3.05. The van der Waals surface area contributed by atoms with Gasteiger partial charge in [0.1, 0.15) is 0 Å². The van der Waals surface area contributed by atoms with Crippen LogP contribution in [-0.2, 0) is 11.2 Å². The first kappa shape index (κ1) is 14.4. The van der Waals surface area contributed by atoms with Gasteiger partial charge in [0.05, 0.1) is 12.1 Å². The highest BCUT2D eigenvalue weighted by Crippen LogP contribution is 2.30. The van der Waals surface area contributed by atoms with Gasteiger partial charge in [-0.2, -0.15) is 0 Å². The van der Waals surface area contributed by atoms with E-state index in [9.17, 15) is 4.79 Å². The Kier molecular flexibility index (Phi) is 4.83. The Hall–Kier alpha value is -1.06. The Labute approximate surface area is 120 Å². The second-order valence-corrected chi connectivity index (χ2v) is 5.30. The molecule has 1 aromatic carbocycles. The molecule has 1 saturated heterocycles. The van der Waals surface area contributed by atoms with Crippen LogP contribution in [0.1, 0.15) is 42.9 Å². The molecule has 2 atom stereocenters. The first-order chi connectivity index (χ1) is 8.84. The van der Waals surface area contributed by atoms with Gasteiger partial charge in [0.2, 0.25) is 5.91 Å². The average Bonchev–Trinajstić information content (AvgIpc) is 2.83. The zero-order valence-electron chi connectivity index (χ0n) is 11.0. The van der Waals surface area contributed by atoms with Gasteiger partial charge in [0, 0.05) is 0 Å². The molecule has 1 unspecified atom stereocenters. The van der Waals surface area contributed by atoms with Crippen molar-refractivity contribution < 1.29 is 4.79 Å². The Balaban J connectivity index is 0.00000133. The molecule has 0 spiro atoms. The van der Waals surface area contributed by atoms with Gasteiger partial charge in [-0.3, -0.25) is 4.79 Å². The summed E-state index contributed by atoms with van der Waals surface area (Å²) in [6, 6.07) is 8.68. The summed E-state index contributed by atoms with van der Waals surface area (Å²) in [6.07, 6.45) is 5.44. The molecule has 3 nitrogen and oxygen atoms in total. The maximum Gasteiger partial charge on any atom is 0.237 e. The minimum atomic E-state index is 0. The lowest BCUT2D eigenvalue weighted by Crippen LogP contribution is -2.47. The molecule has 0 saturated carbocycles. The van der Waals surface area contributed by atoms with E-state index in [1.807, 2.05) is 0 Å². The van der Waals surface area contributed by atoms with E-state index in [1.165, 1.54) is 17.5 Å². The zero-order valence-corrected chi connectivity index (χ0v) is 11.8. The van der Waals surface area contributed by atoms with Crippen molar-refractivity contribution in [2.45, 2.75) is 44.2 Å². The zero-order chi connectivity index (χ0) is 12.4. The molecule has 1 aliphatic heterocycles. The standard InChI is InChI=1S/C15H20N2O.ClH/c18-15(14-7-3-4-10-16-14)17-13-9-8-11-5-1-2-6-12(11)13;/h1-2,5-6,13-14,16H,3-4,7-10H2,(H,17,18);1H/t13?,14-;/m1./s1. The van der Waals surface area contributed by atoms with Crippen LogP contribution in [0.2, 0.25) is 0 Å². The van der Waals surface area contributed by atoms with Crippen LogP contribution in [0.25, 0.3) is 0 Å². The van der Waals surface area contributed by atoms with Crippen molar-refractivity contribution in [3.8, 4) is 0 Å². The van der Waals surface area contributed by atoms with E-state index < -0.39 is 0 Å². The molecule has 1 aromatic rings. The number of carbonyl (C=O) groups is 1. The molecule has 1 heterocycles. The highest BCUT2D eigenvalue weighted by Gasteiger charge is 2.27. The van der Waals surface area contributed by atoms with Crippen molar-refractivity contribution in [1.29, 1.82) is 0 Å². The van der Waals surface area contributed by atoms with Gasteiger partial charge in [-0.15, -0.1) is 12.4 Å². The van der Waals surface area contributed by atoms with Gasteiger partial charge in [-0.25, -0.2) is 0 Å². The van der Waals surface area contributed by atoms with Crippen LogP contribution < -0.4 is 10.6 Å². The topological polar surface area (TPSA) is 41.1 Å². The molecule has 0 bridgehead atoms. The van der Waals surface area contributed by atoms with Crippen molar-refractivity contribution >= 4 is 18.3 Å². The summed E-state index contributed by atoms with van der Waals surface area (Å²) in [7, 11) is 0. The Bertz CT molecular complexity index is 444.